The third kappa shape index (κ3) is 5.41. The summed E-state index contributed by atoms with van der Waals surface area (Å²) in [7, 11) is 0. The predicted molar refractivity (Wildman–Crippen MR) is 128 cm³/mol. The van der Waals surface area contributed by atoms with Crippen LogP contribution in [0.4, 0.5) is 4.79 Å². The van der Waals surface area contributed by atoms with Gasteiger partial charge in [-0.05, 0) is 60.8 Å². The standard InChI is InChI=1S/C27H32N2O5/c1-27(2,25(31)32)16-29-24(30)13-18(17-11-12-17)14-28-26(33)34-15-23-21-9-5-3-7-19(21)20-8-4-6-10-22(20)23/h3-10,17-18,23H,11-16H2,1-2H3,(H,28,33)(H,29,30)(H,31,32). The van der Waals surface area contributed by atoms with Crippen molar-refractivity contribution in [3.8, 4) is 11.1 Å². The van der Waals surface area contributed by atoms with Crippen molar-refractivity contribution in [2.24, 2.45) is 17.3 Å². The fraction of sp³-hybridized carbons (Fsp3) is 0.444. The van der Waals surface area contributed by atoms with Crippen LogP contribution in [0.15, 0.2) is 48.5 Å². The van der Waals surface area contributed by atoms with Crippen molar-refractivity contribution in [3.63, 3.8) is 0 Å². The molecule has 1 atom stereocenters. The minimum absolute atomic E-state index is 0.000691. The van der Waals surface area contributed by atoms with E-state index >= 15 is 0 Å². The van der Waals surface area contributed by atoms with Gasteiger partial charge in [0.05, 0.1) is 5.41 Å². The fourth-order valence-electron chi connectivity index (χ4n) is 4.54. The highest BCUT2D eigenvalue weighted by molar-refractivity contribution is 5.80. The van der Waals surface area contributed by atoms with Crippen molar-refractivity contribution in [2.75, 3.05) is 19.7 Å². The molecule has 1 unspecified atom stereocenters. The van der Waals surface area contributed by atoms with Crippen molar-refractivity contribution < 1.29 is 24.2 Å². The Hall–Kier alpha value is -3.35. The van der Waals surface area contributed by atoms with E-state index in [-0.39, 0.29) is 37.3 Å². The molecule has 2 aliphatic rings. The third-order valence-corrected chi connectivity index (χ3v) is 6.89. The van der Waals surface area contributed by atoms with Crippen LogP contribution < -0.4 is 10.6 Å². The van der Waals surface area contributed by atoms with Crippen LogP contribution in [-0.4, -0.2) is 42.8 Å². The third-order valence-electron chi connectivity index (χ3n) is 6.89. The smallest absolute Gasteiger partial charge is 0.407 e. The molecule has 4 rings (SSSR count). The first-order valence-corrected chi connectivity index (χ1v) is 11.8. The zero-order valence-electron chi connectivity index (χ0n) is 19.7. The highest BCUT2D eigenvalue weighted by Gasteiger charge is 2.34. The van der Waals surface area contributed by atoms with Gasteiger partial charge in [0.2, 0.25) is 5.91 Å². The number of aliphatic carboxylic acids is 1. The van der Waals surface area contributed by atoms with Gasteiger partial charge in [0.15, 0.2) is 0 Å². The first kappa shape index (κ1) is 23.8. The molecule has 2 aromatic rings. The van der Waals surface area contributed by atoms with Gasteiger partial charge in [-0.25, -0.2) is 4.79 Å². The monoisotopic (exact) mass is 464 g/mol. The van der Waals surface area contributed by atoms with Gasteiger partial charge in [-0.15, -0.1) is 0 Å². The minimum atomic E-state index is -1.02. The zero-order valence-corrected chi connectivity index (χ0v) is 19.7. The average Bonchev–Trinajstić information content (AvgIpc) is 3.62. The summed E-state index contributed by atoms with van der Waals surface area (Å²) in [6.07, 6.45) is 1.83. The number of nitrogens with one attached hydrogen (secondary N) is 2. The number of hydrogen-bond donors (Lipinski definition) is 3. The lowest BCUT2D eigenvalue weighted by Gasteiger charge is -2.21. The molecule has 0 aromatic heterocycles. The normalized spacial score (nSPS) is 15.7. The molecule has 0 bridgehead atoms. The molecule has 2 aliphatic carbocycles. The summed E-state index contributed by atoms with van der Waals surface area (Å²) in [6.45, 7) is 3.83. The molecule has 0 aliphatic heterocycles. The number of carboxylic acids is 1. The Bertz CT molecular complexity index is 1030. The molecule has 0 heterocycles. The topological polar surface area (TPSA) is 105 Å². The molecule has 0 radical (unpaired) electrons. The number of benzene rings is 2. The Kier molecular flexibility index (Phi) is 6.91. The maximum absolute atomic E-state index is 12.5. The lowest BCUT2D eigenvalue weighted by atomic mass is 9.93. The van der Waals surface area contributed by atoms with Crippen molar-refractivity contribution in [1.29, 1.82) is 0 Å². The molecule has 34 heavy (non-hydrogen) atoms. The molecule has 3 N–H and O–H groups in total. The lowest BCUT2D eigenvalue weighted by molar-refractivity contribution is -0.146. The predicted octanol–water partition coefficient (Wildman–Crippen LogP) is 4.17. The van der Waals surface area contributed by atoms with E-state index in [1.165, 1.54) is 11.1 Å². The summed E-state index contributed by atoms with van der Waals surface area (Å²) in [6, 6.07) is 16.4. The summed E-state index contributed by atoms with van der Waals surface area (Å²) in [5.74, 6) is -0.745. The second-order valence-corrected chi connectivity index (χ2v) is 9.97. The van der Waals surface area contributed by atoms with E-state index in [0.717, 1.165) is 24.0 Å². The number of carboxylic acid groups (broad SMARTS) is 1. The van der Waals surface area contributed by atoms with E-state index in [1.54, 1.807) is 13.8 Å². The average molecular weight is 465 g/mol. The number of alkyl carbamates (subject to hydrolysis) is 1. The van der Waals surface area contributed by atoms with Crippen LogP contribution in [0, 0.1) is 17.3 Å². The summed E-state index contributed by atoms with van der Waals surface area (Å²) in [5.41, 5.74) is 3.65. The maximum atomic E-state index is 12.5. The number of fused-ring (bicyclic) bond motifs is 3. The highest BCUT2D eigenvalue weighted by atomic mass is 16.5. The first-order valence-electron chi connectivity index (χ1n) is 11.8. The molecule has 0 saturated heterocycles. The highest BCUT2D eigenvalue weighted by Crippen LogP contribution is 2.44. The van der Waals surface area contributed by atoms with E-state index in [4.69, 9.17) is 4.74 Å². The van der Waals surface area contributed by atoms with E-state index in [9.17, 15) is 19.5 Å². The molecule has 0 spiro atoms. The summed E-state index contributed by atoms with van der Waals surface area (Å²) in [5, 5.41) is 14.8. The Morgan fingerprint density at radius 3 is 2.15 bits per heavy atom. The van der Waals surface area contributed by atoms with Gasteiger partial charge in [-0.3, -0.25) is 9.59 Å². The number of rotatable bonds is 10. The summed E-state index contributed by atoms with van der Waals surface area (Å²) < 4.78 is 5.60. The van der Waals surface area contributed by atoms with Crippen LogP contribution >= 0.6 is 0 Å². The van der Waals surface area contributed by atoms with Crippen LogP contribution in [-0.2, 0) is 14.3 Å². The van der Waals surface area contributed by atoms with Crippen LogP contribution in [0.1, 0.15) is 50.2 Å². The van der Waals surface area contributed by atoms with Crippen molar-refractivity contribution in [2.45, 2.75) is 39.0 Å². The van der Waals surface area contributed by atoms with Gasteiger partial charge in [-0.2, -0.15) is 0 Å². The van der Waals surface area contributed by atoms with E-state index in [0.29, 0.717) is 12.5 Å². The van der Waals surface area contributed by atoms with Gasteiger partial charge in [0.25, 0.3) is 0 Å². The maximum Gasteiger partial charge on any atom is 0.407 e. The second-order valence-electron chi connectivity index (χ2n) is 9.97. The zero-order chi connectivity index (χ0) is 24.3. The number of ether oxygens (including phenoxy) is 1. The molecule has 180 valence electrons. The summed E-state index contributed by atoms with van der Waals surface area (Å²) >= 11 is 0. The van der Waals surface area contributed by atoms with Crippen molar-refractivity contribution in [1.82, 2.24) is 10.6 Å². The Morgan fingerprint density at radius 1 is 1.00 bits per heavy atom. The molecule has 7 nitrogen and oxygen atoms in total. The number of carbonyl (C=O) groups excluding carboxylic acids is 2. The van der Waals surface area contributed by atoms with Gasteiger partial charge in [0.1, 0.15) is 6.61 Å². The van der Waals surface area contributed by atoms with E-state index in [2.05, 4.69) is 34.9 Å². The summed E-state index contributed by atoms with van der Waals surface area (Å²) in [4.78, 5) is 36.1. The lowest BCUT2D eigenvalue weighted by Crippen LogP contribution is -2.40. The number of hydrogen-bond acceptors (Lipinski definition) is 4. The largest absolute Gasteiger partial charge is 0.481 e. The SMILES string of the molecule is CC(C)(CNC(=O)CC(CNC(=O)OCC1c2ccccc2-c2ccccc21)C1CC1)C(=O)O. The fourth-order valence-corrected chi connectivity index (χ4v) is 4.54. The Balaban J connectivity index is 1.28. The minimum Gasteiger partial charge on any atom is -0.481 e. The van der Waals surface area contributed by atoms with E-state index < -0.39 is 17.5 Å². The van der Waals surface area contributed by atoms with Crippen LogP contribution in [0.3, 0.4) is 0 Å². The van der Waals surface area contributed by atoms with Gasteiger partial charge in [-0.1, -0.05) is 48.5 Å². The second kappa shape index (κ2) is 9.87. The number of carbonyl (C=O) groups is 3. The number of amides is 2. The molecule has 2 amide bonds. The molecule has 2 aromatic carbocycles. The van der Waals surface area contributed by atoms with Crippen LogP contribution in [0.2, 0.25) is 0 Å². The van der Waals surface area contributed by atoms with Gasteiger partial charge in [0, 0.05) is 25.4 Å². The first-order chi connectivity index (χ1) is 16.3. The molecule has 1 fully saturated rings. The molecular formula is C27H32N2O5. The van der Waals surface area contributed by atoms with Crippen LogP contribution in [0.25, 0.3) is 11.1 Å². The quantitative estimate of drug-likeness (QED) is 0.490. The van der Waals surface area contributed by atoms with Gasteiger partial charge < -0.3 is 20.5 Å². The molecular weight excluding hydrogens is 432 g/mol. The van der Waals surface area contributed by atoms with Gasteiger partial charge >= 0.3 is 12.1 Å². The van der Waals surface area contributed by atoms with E-state index in [1.807, 2.05) is 24.3 Å². The van der Waals surface area contributed by atoms with Crippen molar-refractivity contribution in [3.05, 3.63) is 59.7 Å². The Labute approximate surface area is 199 Å². The van der Waals surface area contributed by atoms with Crippen molar-refractivity contribution >= 4 is 18.0 Å². The van der Waals surface area contributed by atoms with Crippen LogP contribution in [0.5, 0.6) is 0 Å². The molecule has 1 saturated carbocycles. The Morgan fingerprint density at radius 2 is 1.59 bits per heavy atom. The molecule has 7 heteroatoms.